The van der Waals surface area contributed by atoms with E-state index in [1.807, 2.05) is 47.0 Å². The second kappa shape index (κ2) is 8.67. The van der Waals surface area contributed by atoms with Crippen LogP contribution < -0.4 is 10.2 Å². The molecule has 0 aliphatic heterocycles. The van der Waals surface area contributed by atoms with Crippen molar-refractivity contribution < 1.29 is 9.53 Å². The van der Waals surface area contributed by atoms with Gasteiger partial charge in [-0.1, -0.05) is 11.2 Å². The molecule has 1 amide bonds. The van der Waals surface area contributed by atoms with Gasteiger partial charge >= 0.3 is 0 Å². The van der Waals surface area contributed by atoms with Crippen LogP contribution in [-0.2, 0) is 11.3 Å². The molecule has 0 saturated carbocycles. The van der Waals surface area contributed by atoms with E-state index in [4.69, 9.17) is 9.72 Å². The van der Waals surface area contributed by atoms with Crippen LogP contribution in [0.25, 0.3) is 28.5 Å². The molecule has 0 saturated heterocycles. The number of nitroso groups, excluding NO2 is 2. The predicted octanol–water partition coefficient (Wildman–Crippen LogP) is 3.29. The van der Waals surface area contributed by atoms with Crippen LogP contribution in [0.3, 0.4) is 0 Å². The highest BCUT2D eigenvalue weighted by Crippen LogP contribution is 2.27. The number of amides is 1. The van der Waals surface area contributed by atoms with Gasteiger partial charge in [-0.05, 0) is 48.0 Å². The lowest BCUT2D eigenvalue weighted by atomic mass is 10.2. The Kier molecular flexibility index (Phi) is 5.85. The number of nitrogens with zero attached hydrogens (tertiary/aromatic N) is 4. The molecule has 0 spiro atoms. The number of carbonyl (C=O) groups excluding carboxylic acids is 1. The average molecular weight is 379 g/mol. The second-order valence-electron chi connectivity index (χ2n) is 5.82. The molecular weight excluding hydrogens is 362 g/mol. The Bertz CT molecular complexity index is 1040. The molecule has 28 heavy (non-hydrogen) atoms. The van der Waals surface area contributed by atoms with Crippen molar-refractivity contribution in [2.24, 2.45) is 10.5 Å². The standard InChI is InChI=1S/C19H17N5O4/c1-28-15-6-4-14(5-7-15)19-21-16-12-13(3-9-18(25)22-23-27)2-8-17(16)24(19)11-10-20-26/h2-9,12H,10-11H2,1H3,(H,22,25,27)/b9-3+. The molecule has 2 aromatic carbocycles. The zero-order valence-corrected chi connectivity index (χ0v) is 15.0. The minimum atomic E-state index is -0.614. The van der Waals surface area contributed by atoms with E-state index < -0.39 is 5.91 Å². The van der Waals surface area contributed by atoms with E-state index in [0.29, 0.717) is 17.9 Å². The summed E-state index contributed by atoms with van der Waals surface area (Å²) in [6.45, 7) is 0.513. The third kappa shape index (κ3) is 4.09. The van der Waals surface area contributed by atoms with Crippen LogP contribution in [0.2, 0.25) is 0 Å². The van der Waals surface area contributed by atoms with Gasteiger partial charge in [0, 0.05) is 18.2 Å². The van der Waals surface area contributed by atoms with Crippen LogP contribution in [0, 0.1) is 9.81 Å². The molecule has 3 aromatic rings. The van der Waals surface area contributed by atoms with Gasteiger partial charge in [0.1, 0.15) is 11.6 Å². The fourth-order valence-corrected chi connectivity index (χ4v) is 2.83. The molecule has 1 heterocycles. The molecule has 0 bridgehead atoms. The number of aromatic nitrogens is 2. The Morgan fingerprint density at radius 2 is 2.00 bits per heavy atom. The van der Waals surface area contributed by atoms with Crippen molar-refractivity contribution in [3.63, 3.8) is 0 Å². The van der Waals surface area contributed by atoms with Crippen LogP contribution in [0.15, 0.2) is 59.0 Å². The van der Waals surface area contributed by atoms with Gasteiger partial charge in [0.15, 0.2) is 0 Å². The molecule has 1 N–H and O–H groups in total. The Labute approximate surface area is 159 Å². The van der Waals surface area contributed by atoms with Crippen LogP contribution in [0.1, 0.15) is 5.56 Å². The fourth-order valence-electron chi connectivity index (χ4n) is 2.83. The van der Waals surface area contributed by atoms with Crippen molar-refractivity contribution in [3.05, 3.63) is 63.9 Å². The summed E-state index contributed by atoms with van der Waals surface area (Å²) in [6.07, 6.45) is 2.76. The molecule has 9 heteroatoms. The number of rotatable bonds is 8. The first-order valence-electron chi connectivity index (χ1n) is 8.40. The normalized spacial score (nSPS) is 10.9. The van der Waals surface area contributed by atoms with Crippen molar-refractivity contribution >= 4 is 23.0 Å². The van der Waals surface area contributed by atoms with Crippen LogP contribution in [-0.4, -0.2) is 29.1 Å². The summed E-state index contributed by atoms with van der Waals surface area (Å²) in [5.74, 6) is 0.818. The zero-order valence-electron chi connectivity index (χ0n) is 15.0. The maximum atomic E-state index is 11.3. The van der Waals surface area contributed by atoms with Crippen molar-refractivity contribution in [1.82, 2.24) is 15.0 Å². The van der Waals surface area contributed by atoms with Gasteiger partial charge in [-0.2, -0.15) is 4.91 Å². The van der Waals surface area contributed by atoms with Crippen molar-refractivity contribution in [3.8, 4) is 17.1 Å². The highest BCUT2D eigenvalue weighted by Gasteiger charge is 2.13. The van der Waals surface area contributed by atoms with E-state index >= 15 is 0 Å². The summed E-state index contributed by atoms with van der Waals surface area (Å²) in [7, 11) is 1.60. The Morgan fingerprint density at radius 3 is 2.68 bits per heavy atom. The zero-order chi connectivity index (χ0) is 19.9. The summed E-state index contributed by atoms with van der Waals surface area (Å²) in [5, 5.41) is 5.28. The maximum absolute atomic E-state index is 11.3. The summed E-state index contributed by atoms with van der Waals surface area (Å²) >= 11 is 0. The third-order valence-electron chi connectivity index (χ3n) is 4.12. The minimum Gasteiger partial charge on any atom is -0.497 e. The first-order chi connectivity index (χ1) is 13.7. The van der Waals surface area contributed by atoms with Gasteiger partial charge in [0.05, 0.1) is 30.0 Å². The van der Waals surface area contributed by atoms with Gasteiger partial charge < -0.3 is 9.30 Å². The summed E-state index contributed by atoms with van der Waals surface area (Å²) < 4.78 is 7.11. The molecular formula is C19H17N5O4. The Balaban J connectivity index is 2.02. The quantitative estimate of drug-likeness (QED) is 0.366. The number of hydrogen-bond donors (Lipinski definition) is 1. The Hall–Kier alpha value is -3.88. The average Bonchev–Trinajstić information content (AvgIpc) is 3.08. The van der Waals surface area contributed by atoms with Crippen molar-refractivity contribution in [1.29, 1.82) is 0 Å². The largest absolute Gasteiger partial charge is 0.497 e. The highest BCUT2D eigenvalue weighted by atomic mass is 16.5. The second-order valence-corrected chi connectivity index (χ2v) is 5.82. The van der Waals surface area contributed by atoms with Gasteiger partial charge in [-0.15, -0.1) is 4.91 Å². The van der Waals surface area contributed by atoms with E-state index in [9.17, 15) is 14.6 Å². The lowest BCUT2D eigenvalue weighted by Gasteiger charge is -2.08. The molecule has 0 aliphatic carbocycles. The van der Waals surface area contributed by atoms with Crippen molar-refractivity contribution in [2.75, 3.05) is 13.7 Å². The molecule has 9 nitrogen and oxygen atoms in total. The van der Waals surface area contributed by atoms with Gasteiger partial charge in [-0.25, -0.2) is 10.4 Å². The molecule has 142 valence electrons. The van der Waals surface area contributed by atoms with Crippen LogP contribution in [0.5, 0.6) is 5.75 Å². The smallest absolute Gasteiger partial charge is 0.266 e. The van der Waals surface area contributed by atoms with Crippen LogP contribution >= 0.6 is 0 Å². The fraction of sp³-hybridized carbons (Fsp3) is 0.158. The SMILES string of the molecule is COc1ccc(-c2nc3cc(/C=C/C(=O)NN=O)ccc3n2CCN=O)cc1. The van der Waals surface area contributed by atoms with Crippen molar-refractivity contribution in [2.45, 2.75) is 6.54 Å². The lowest BCUT2D eigenvalue weighted by Crippen LogP contribution is -2.12. The van der Waals surface area contributed by atoms with Gasteiger partial charge in [-0.3, -0.25) is 4.79 Å². The number of carbonyl (C=O) groups is 1. The Morgan fingerprint density at radius 1 is 1.21 bits per heavy atom. The molecule has 0 atom stereocenters. The van der Waals surface area contributed by atoms with Gasteiger partial charge in [0.2, 0.25) is 0 Å². The van der Waals surface area contributed by atoms with E-state index in [-0.39, 0.29) is 6.54 Å². The van der Waals surface area contributed by atoms with E-state index in [1.165, 1.54) is 6.08 Å². The summed E-state index contributed by atoms with van der Waals surface area (Å²) in [5.41, 5.74) is 4.94. The van der Waals surface area contributed by atoms with Crippen LogP contribution in [0.4, 0.5) is 0 Å². The summed E-state index contributed by atoms with van der Waals surface area (Å²) in [6, 6.07) is 12.9. The maximum Gasteiger partial charge on any atom is 0.266 e. The monoisotopic (exact) mass is 379 g/mol. The molecule has 1 aromatic heterocycles. The van der Waals surface area contributed by atoms with E-state index in [0.717, 1.165) is 22.4 Å². The molecule has 0 aliphatic rings. The summed E-state index contributed by atoms with van der Waals surface area (Å²) in [4.78, 5) is 36.7. The highest BCUT2D eigenvalue weighted by molar-refractivity contribution is 5.92. The number of nitrogens with one attached hydrogen (secondary N) is 1. The minimum absolute atomic E-state index is 0.120. The molecule has 0 radical (unpaired) electrons. The molecule has 0 unspecified atom stereocenters. The van der Waals surface area contributed by atoms with E-state index in [2.05, 4.69) is 10.5 Å². The predicted molar refractivity (Wildman–Crippen MR) is 105 cm³/mol. The lowest BCUT2D eigenvalue weighted by molar-refractivity contribution is -0.116. The molecule has 0 fully saturated rings. The topological polar surface area (TPSA) is 115 Å². The third-order valence-corrected chi connectivity index (χ3v) is 4.12. The number of hydrogen-bond acceptors (Lipinski definition) is 7. The number of benzene rings is 2. The molecule has 3 rings (SSSR count). The van der Waals surface area contributed by atoms with Gasteiger partial charge in [0.25, 0.3) is 5.91 Å². The number of fused-ring (bicyclic) bond motifs is 1. The number of imidazole rings is 1. The van der Waals surface area contributed by atoms with E-state index in [1.54, 1.807) is 18.6 Å². The first kappa shape index (κ1) is 18.9. The number of methoxy groups -OCH3 is 1. The first-order valence-corrected chi connectivity index (χ1v) is 8.40. The number of ether oxygens (including phenoxy) is 1.